The van der Waals surface area contributed by atoms with Gasteiger partial charge in [-0.2, -0.15) is 0 Å². The molecular formula is C15H32N2O. The lowest BCUT2D eigenvalue weighted by Crippen LogP contribution is -2.57. The van der Waals surface area contributed by atoms with Crippen LogP contribution in [0.1, 0.15) is 47.0 Å². The van der Waals surface area contributed by atoms with E-state index in [1.807, 2.05) is 0 Å². The molecule has 0 aromatic rings. The number of rotatable bonds is 8. The molecule has 1 rings (SSSR count). The minimum atomic E-state index is 0.663. The third-order valence-corrected chi connectivity index (χ3v) is 4.14. The van der Waals surface area contributed by atoms with E-state index in [9.17, 15) is 0 Å². The van der Waals surface area contributed by atoms with E-state index >= 15 is 0 Å². The summed E-state index contributed by atoms with van der Waals surface area (Å²) >= 11 is 0. The van der Waals surface area contributed by atoms with Gasteiger partial charge in [-0.25, -0.2) is 0 Å². The zero-order valence-electron chi connectivity index (χ0n) is 12.7. The zero-order chi connectivity index (χ0) is 13.4. The Morgan fingerprint density at radius 3 is 2.78 bits per heavy atom. The molecule has 0 aromatic heterocycles. The first-order valence-electron chi connectivity index (χ1n) is 7.74. The predicted molar refractivity (Wildman–Crippen MR) is 78.0 cm³/mol. The average molecular weight is 256 g/mol. The van der Waals surface area contributed by atoms with E-state index in [1.165, 1.54) is 19.5 Å². The highest BCUT2D eigenvalue weighted by atomic mass is 16.5. The maximum Gasteiger partial charge on any atom is 0.0478 e. The number of hydrogen-bond acceptors (Lipinski definition) is 3. The lowest BCUT2D eigenvalue weighted by atomic mass is 9.95. The highest BCUT2D eigenvalue weighted by Crippen LogP contribution is 2.15. The molecule has 3 nitrogen and oxygen atoms in total. The molecule has 3 unspecified atom stereocenters. The second kappa shape index (κ2) is 8.89. The van der Waals surface area contributed by atoms with Gasteiger partial charge in [-0.3, -0.25) is 4.90 Å². The van der Waals surface area contributed by atoms with Gasteiger partial charge in [-0.15, -0.1) is 0 Å². The summed E-state index contributed by atoms with van der Waals surface area (Å²) in [5.41, 5.74) is 0. The van der Waals surface area contributed by atoms with Crippen LogP contribution in [0.4, 0.5) is 0 Å². The topological polar surface area (TPSA) is 24.5 Å². The van der Waals surface area contributed by atoms with Crippen LogP contribution in [0.3, 0.4) is 0 Å². The van der Waals surface area contributed by atoms with Crippen molar-refractivity contribution in [3.05, 3.63) is 0 Å². The third-order valence-electron chi connectivity index (χ3n) is 4.14. The normalized spacial score (nSPS) is 27.3. The molecule has 1 aliphatic heterocycles. The fraction of sp³-hybridized carbons (Fsp3) is 1.00. The van der Waals surface area contributed by atoms with Gasteiger partial charge in [0.05, 0.1) is 0 Å². The van der Waals surface area contributed by atoms with Crippen molar-refractivity contribution in [3.8, 4) is 0 Å². The molecule has 0 saturated carbocycles. The first kappa shape index (κ1) is 15.9. The van der Waals surface area contributed by atoms with E-state index < -0.39 is 0 Å². The highest BCUT2D eigenvalue weighted by molar-refractivity contribution is 4.86. The Labute approximate surface area is 113 Å². The van der Waals surface area contributed by atoms with Gasteiger partial charge in [-0.05, 0) is 25.7 Å². The fourth-order valence-corrected chi connectivity index (χ4v) is 2.54. The maximum atomic E-state index is 5.56. The molecule has 0 amide bonds. The van der Waals surface area contributed by atoms with E-state index in [-0.39, 0.29) is 0 Å². The van der Waals surface area contributed by atoms with E-state index in [2.05, 4.69) is 37.9 Å². The quantitative estimate of drug-likeness (QED) is 0.675. The SMILES string of the molecule is CCCOCCCN1CC(C(C)CC)NCC1C. The van der Waals surface area contributed by atoms with Crippen LogP contribution >= 0.6 is 0 Å². The Hall–Kier alpha value is -0.120. The van der Waals surface area contributed by atoms with Gasteiger partial charge in [0.2, 0.25) is 0 Å². The standard InChI is InChI=1S/C15H32N2O/c1-5-9-18-10-7-8-17-12-15(13(3)6-2)16-11-14(17)4/h13-16H,5-12H2,1-4H3. The number of nitrogens with one attached hydrogen (secondary N) is 1. The lowest BCUT2D eigenvalue weighted by molar-refractivity contribution is 0.0883. The summed E-state index contributed by atoms with van der Waals surface area (Å²) in [7, 11) is 0. The molecule has 18 heavy (non-hydrogen) atoms. The van der Waals surface area contributed by atoms with Crippen LogP contribution in [0.15, 0.2) is 0 Å². The van der Waals surface area contributed by atoms with Crippen LogP contribution in [-0.4, -0.2) is 49.8 Å². The predicted octanol–water partition coefficient (Wildman–Crippen LogP) is 2.51. The maximum absolute atomic E-state index is 5.56. The van der Waals surface area contributed by atoms with Crippen LogP contribution in [-0.2, 0) is 4.74 Å². The van der Waals surface area contributed by atoms with E-state index in [4.69, 9.17) is 4.74 Å². The van der Waals surface area contributed by atoms with Crippen molar-refractivity contribution in [1.82, 2.24) is 10.2 Å². The minimum absolute atomic E-state index is 0.663. The first-order valence-corrected chi connectivity index (χ1v) is 7.74. The van der Waals surface area contributed by atoms with Crippen LogP contribution in [0.25, 0.3) is 0 Å². The molecule has 1 heterocycles. The molecule has 1 aliphatic rings. The molecular weight excluding hydrogens is 224 g/mol. The van der Waals surface area contributed by atoms with Crippen LogP contribution in [0.2, 0.25) is 0 Å². The van der Waals surface area contributed by atoms with Gasteiger partial charge in [0.15, 0.2) is 0 Å². The Kier molecular flexibility index (Phi) is 7.87. The number of ether oxygens (including phenoxy) is 1. The third kappa shape index (κ3) is 5.25. The summed E-state index contributed by atoms with van der Waals surface area (Å²) in [6.07, 6.45) is 3.55. The van der Waals surface area contributed by atoms with Gasteiger partial charge in [-0.1, -0.05) is 27.2 Å². The summed E-state index contributed by atoms with van der Waals surface area (Å²) < 4.78 is 5.56. The Morgan fingerprint density at radius 2 is 2.11 bits per heavy atom. The minimum Gasteiger partial charge on any atom is -0.381 e. The average Bonchev–Trinajstić information content (AvgIpc) is 2.39. The smallest absolute Gasteiger partial charge is 0.0478 e. The summed E-state index contributed by atoms with van der Waals surface area (Å²) in [4.78, 5) is 2.63. The van der Waals surface area contributed by atoms with E-state index in [0.29, 0.717) is 12.1 Å². The Balaban J connectivity index is 2.24. The summed E-state index contributed by atoms with van der Waals surface area (Å²) in [5, 5.41) is 3.69. The van der Waals surface area contributed by atoms with E-state index in [1.54, 1.807) is 0 Å². The number of nitrogens with zero attached hydrogens (tertiary/aromatic N) is 1. The van der Waals surface area contributed by atoms with Crippen LogP contribution in [0.5, 0.6) is 0 Å². The van der Waals surface area contributed by atoms with Gasteiger partial charge in [0.25, 0.3) is 0 Å². The molecule has 1 fully saturated rings. The highest BCUT2D eigenvalue weighted by Gasteiger charge is 2.26. The molecule has 0 aliphatic carbocycles. The molecule has 1 saturated heterocycles. The zero-order valence-corrected chi connectivity index (χ0v) is 12.7. The lowest BCUT2D eigenvalue weighted by Gasteiger charge is -2.41. The summed E-state index contributed by atoms with van der Waals surface area (Å²) in [6.45, 7) is 14.5. The van der Waals surface area contributed by atoms with Crippen molar-refractivity contribution < 1.29 is 4.74 Å². The van der Waals surface area contributed by atoms with E-state index in [0.717, 1.165) is 38.5 Å². The molecule has 3 atom stereocenters. The van der Waals surface area contributed by atoms with Gasteiger partial charge >= 0.3 is 0 Å². The first-order chi connectivity index (χ1) is 8.69. The number of hydrogen-bond donors (Lipinski definition) is 1. The number of piperazine rings is 1. The summed E-state index contributed by atoms with van der Waals surface area (Å²) in [5.74, 6) is 0.774. The Morgan fingerprint density at radius 1 is 1.33 bits per heavy atom. The van der Waals surface area contributed by atoms with Gasteiger partial charge in [0.1, 0.15) is 0 Å². The molecule has 108 valence electrons. The molecule has 0 aromatic carbocycles. The van der Waals surface area contributed by atoms with Crippen LogP contribution < -0.4 is 5.32 Å². The molecule has 3 heteroatoms. The monoisotopic (exact) mass is 256 g/mol. The molecule has 0 spiro atoms. The molecule has 0 radical (unpaired) electrons. The van der Waals surface area contributed by atoms with Crippen molar-refractivity contribution in [3.63, 3.8) is 0 Å². The van der Waals surface area contributed by atoms with Crippen molar-refractivity contribution >= 4 is 0 Å². The summed E-state index contributed by atoms with van der Waals surface area (Å²) in [6, 6.07) is 1.33. The molecule has 1 N–H and O–H groups in total. The van der Waals surface area contributed by atoms with Crippen molar-refractivity contribution in [2.45, 2.75) is 59.0 Å². The van der Waals surface area contributed by atoms with Crippen molar-refractivity contribution in [2.24, 2.45) is 5.92 Å². The van der Waals surface area contributed by atoms with Gasteiger partial charge in [0, 0.05) is 44.9 Å². The largest absolute Gasteiger partial charge is 0.381 e. The Bertz CT molecular complexity index is 211. The fourth-order valence-electron chi connectivity index (χ4n) is 2.54. The van der Waals surface area contributed by atoms with Gasteiger partial charge < -0.3 is 10.1 Å². The van der Waals surface area contributed by atoms with Crippen LogP contribution in [0, 0.1) is 5.92 Å². The second-order valence-electron chi connectivity index (χ2n) is 5.71. The van der Waals surface area contributed by atoms with Crippen molar-refractivity contribution in [2.75, 3.05) is 32.8 Å². The second-order valence-corrected chi connectivity index (χ2v) is 5.71. The molecule has 0 bridgehead atoms. The van der Waals surface area contributed by atoms with Crippen molar-refractivity contribution in [1.29, 1.82) is 0 Å².